The predicted molar refractivity (Wildman–Crippen MR) is 85.8 cm³/mol. The summed E-state index contributed by atoms with van der Waals surface area (Å²) < 4.78 is 16.4. The Balaban J connectivity index is 3.07. The Kier molecular flexibility index (Phi) is 17.7. The molecule has 1 N–H and O–H groups in total. The van der Waals surface area contributed by atoms with Crippen LogP contribution in [-0.4, -0.2) is 76.4 Å². The maximum absolute atomic E-state index is 8.69. The van der Waals surface area contributed by atoms with E-state index >= 15 is 0 Å². The van der Waals surface area contributed by atoms with E-state index in [9.17, 15) is 0 Å². The van der Waals surface area contributed by atoms with Gasteiger partial charge in [-0.1, -0.05) is 13.3 Å². The van der Waals surface area contributed by atoms with Crippen molar-refractivity contribution in [1.29, 1.82) is 0 Å². The highest BCUT2D eigenvalue weighted by molar-refractivity contribution is 4.51. The van der Waals surface area contributed by atoms with Crippen LogP contribution in [0.3, 0.4) is 0 Å². The predicted octanol–water partition coefficient (Wildman–Crippen LogP) is 1.93. The number of hydrogen-bond donors (Lipinski definition) is 1. The van der Waals surface area contributed by atoms with Gasteiger partial charge in [-0.25, -0.2) is 0 Å². The fourth-order valence-electron chi connectivity index (χ4n) is 1.79. The number of ether oxygens (including phenoxy) is 3. The van der Waals surface area contributed by atoms with Gasteiger partial charge in [-0.3, -0.25) is 0 Å². The van der Waals surface area contributed by atoms with E-state index in [1.807, 2.05) is 0 Å². The second-order valence-corrected chi connectivity index (χ2v) is 5.28. The normalized spacial score (nSPS) is 11.4. The highest BCUT2D eigenvalue weighted by atomic mass is 16.5. The summed E-state index contributed by atoms with van der Waals surface area (Å²) in [5.74, 6) is 0. The molecular weight excluding hydrogens is 270 g/mol. The molecule has 0 saturated heterocycles. The molecule has 0 fully saturated rings. The van der Waals surface area contributed by atoms with E-state index in [-0.39, 0.29) is 0 Å². The summed E-state index contributed by atoms with van der Waals surface area (Å²) in [6.07, 6.45) is 5.43. The van der Waals surface area contributed by atoms with Gasteiger partial charge in [0.1, 0.15) is 0 Å². The zero-order chi connectivity index (χ0) is 15.6. The smallest absolute Gasteiger partial charge is 0.0701 e. The fourth-order valence-corrected chi connectivity index (χ4v) is 1.79. The van der Waals surface area contributed by atoms with Crippen LogP contribution in [-0.2, 0) is 14.2 Å². The van der Waals surface area contributed by atoms with Crippen LogP contribution in [0.5, 0.6) is 0 Å². The highest BCUT2D eigenvalue weighted by Crippen LogP contribution is 1.96. The largest absolute Gasteiger partial charge is 0.396 e. The monoisotopic (exact) mass is 305 g/mol. The van der Waals surface area contributed by atoms with Crippen LogP contribution < -0.4 is 0 Å². The second kappa shape index (κ2) is 17.9. The number of aliphatic hydroxyl groups excluding tert-OH is 1. The zero-order valence-corrected chi connectivity index (χ0v) is 14.0. The van der Waals surface area contributed by atoms with Gasteiger partial charge in [-0.05, 0) is 39.3 Å². The van der Waals surface area contributed by atoms with E-state index in [1.165, 1.54) is 6.42 Å². The third-order valence-electron chi connectivity index (χ3n) is 3.20. The number of aliphatic hydroxyl groups is 1. The first kappa shape index (κ1) is 20.8. The molecule has 0 bridgehead atoms. The molecule has 0 spiro atoms. The van der Waals surface area contributed by atoms with Gasteiger partial charge in [0.15, 0.2) is 0 Å². The summed E-state index contributed by atoms with van der Waals surface area (Å²) in [5.41, 5.74) is 0. The average Bonchev–Trinajstić information content (AvgIpc) is 2.49. The van der Waals surface area contributed by atoms with E-state index in [4.69, 9.17) is 19.3 Å². The molecule has 5 heteroatoms. The van der Waals surface area contributed by atoms with Gasteiger partial charge in [-0.15, -0.1) is 0 Å². The first-order valence-corrected chi connectivity index (χ1v) is 8.34. The van der Waals surface area contributed by atoms with Gasteiger partial charge in [0.2, 0.25) is 0 Å². The van der Waals surface area contributed by atoms with Crippen molar-refractivity contribution in [2.45, 2.75) is 39.0 Å². The molecule has 0 aliphatic carbocycles. The third kappa shape index (κ3) is 17.7. The minimum atomic E-state index is 0.302. The Labute approximate surface area is 130 Å². The lowest BCUT2D eigenvalue weighted by Gasteiger charge is -2.16. The third-order valence-corrected chi connectivity index (χ3v) is 3.20. The number of rotatable bonds is 17. The average molecular weight is 305 g/mol. The van der Waals surface area contributed by atoms with Crippen LogP contribution >= 0.6 is 0 Å². The van der Waals surface area contributed by atoms with Crippen LogP contribution in [0.2, 0.25) is 0 Å². The number of unbranched alkanes of at least 4 members (excludes halogenated alkanes) is 3. The van der Waals surface area contributed by atoms with Crippen molar-refractivity contribution < 1.29 is 19.3 Å². The zero-order valence-electron chi connectivity index (χ0n) is 14.0. The maximum atomic E-state index is 8.69. The molecule has 5 nitrogen and oxygen atoms in total. The van der Waals surface area contributed by atoms with E-state index in [0.717, 1.165) is 52.0 Å². The van der Waals surface area contributed by atoms with Crippen molar-refractivity contribution in [3.63, 3.8) is 0 Å². The Bertz CT molecular complexity index is 193. The van der Waals surface area contributed by atoms with Crippen LogP contribution in [0.25, 0.3) is 0 Å². The van der Waals surface area contributed by atoms with Crippen molar-refractivity contribution in [2.75, 3.05) is 66.4 Å². The first-order chi connectivity index (χ1) is 10.3. The number of nitrogens with zero attached hydrogens (tertiary/aromatic N) is 1. The number of likely N-dealkylation sites (N-methyl/N-ethyl adjacent to an activating group) is 1. The maximum Gasteiger partial charge on any atom is 0.0701 e. The molecule has 0 aliphatic heterocycles. The lowest BCUT2D eigenvalue weighted by Crippen LogP contribution is -2.25. The SMILES string of the molecule is CCCCOCCOCCOCCN(C)CCCCCO. The van der Waals surface area contributed by atoms with Crippen molar-refractivity contribution in [2.24, 2.45) is 0 Å². The molecular formula is C16H35NO4. The lowest BCUT2D eigenvalue weighted by molar-refractivity contribution is 0.0111. The molecule has 0 atom stereocenters. The second-order valence-electron chi connectivity index (χ2n) is 5.28. The van der Waals surface area contributed by atoms with Crippen LogP contribution in [0.4, 0.5) is 0 Å². The molecule has 0 heterocycles. The summed E-state index contributed by atoms with van der Waals surface area (Å²) in [7, 11) is 2.10. The topological polar surface area (TPSA) is 51.2 Å². The fraction of sp³-hybridized carbons (Fsp3) is 1.00. The molecule has 0 aromatic carbocycles. The molecule has 21 heavy (non-hydrogen) atoms. The van der Waals surface area contributed by atoms with Crippen LogP contribution in [0, 0.1) is 0 Å². The summed E-state index contributed by atoms with van der Waals surface area (Å²) in [6, 6.07) is 0. The lowest BCUT2D eigenvalue weighted by atomic mass is 10.2. The summed E-state index contributed by atoms with van der Waals surface area (Å²) in [5, 5.41) is 8.69. The molecule has 0 saturated carbocycles. The Morgan fingerprint density at radius 1 is 0.714 bits per heavy atom. The number of hydrogen-bond acceptors (Lipinski definition) is 5. The van der Waals surface area contributed by atoms with Gasteiger partial charge in [0, 0.05) is 19.8 Å². The molecule has 0 rings (SSSR count). The molecule has 0 amide bonds. The van der Waals surface area contributed by atoms with Gasteiger partial charge in [0.05, 0.1) is 33.0 Å². The van der Waals surface area contributed by atoms with Gasteiger partial charge < -0.3 is 24.2 Å². The van der Waals surface area contributed by atoms with Crippen LogP contribution in [0.1, 0.15) is 39.0 Å². The van der Waals surface area contributed by atoms with Crippen LogP contribution in [0.15, 0.2) is 0 Å². The van der Waals surface area contributed by atoms with Crippen molar-refractivity contribution in [1.82, 2.24) is 4.90 Å². The molecule has 0 aromatic rings. The highest BCUT2D eigenvalue weighted by Gasteiger charge is 1.98. The Morgan fingerprint density at radius 3 is 1.95 bits per heavy atom. The summed E-state index contributed by atoms with van der Waals surface area (Å²) >= 11 is 0. The summed E-state index contributed by atoms with van der Waals surface area (Å²) in [6.45, 7) is 8.65. The van der Waals surface area contributed by atoms with Crippen molar-refractivity contribution >= 4 is 0 Å². The molecule has 0 unspecified atom stereocenters. The molecule has 128 valence electrons. The minimum absolute atomic E-state index is 0.302. The van der Waals surface area contributed by atoms with E-state index in [2.05, 4.69) is 18.9 Å². The van der Waals surface area contributed by atoms with Gasteiger partial charge in [0.25, 0.3) is 0 Å². The Morgan fingerprint density at radius 2 is 1.33 bits per heavy atom. The van der Waals surface area contributed by atoms with Gasteiger partial charge in [-0.2, -0.15) is 0 Å². The first-order valence-electron chi connectivity index (χ1n) is 8.34. The van der Waals surface area contributed by atoms with E-state index in [1.54, 1.807) is 0 Å². The van der Waals surface area contributed by atoms with Crippen molar-refractivity contribution in [3.05, 3.63) is 0 Å². The standard InChI is InChI=1S/C16H35NO4/c1-3-4-11-19-13-15-21-16-14-20-12-9-17(2)8-6-5-7-10-18/h18H,3-16H2,1-2H3. The Hall–Kier alpha value is -0.200. The minimum Gasteiger partial charge on any atom is -0.396 e. The quantitative estimate of drug-likeness (QED) is 0.416. The van der Waals surface area contributed by atoms with E-state index in [0.29, 0.717) is 33.0 Å². The van der Waals surface area contributed by atoms with Gasteiger partial charge >= 0.3 is 0 Å². The molecule has 0 radical (unpaired) electrons. The van der Waals surface area contributed by atoms with E-state index < -0.39 is 0 Å². The molecule has 0 aliphatic rings. The van der Waals surface area contributed by atoms with Crippen molar-refractivity contribution in [3.8, 4) is 0 Å². The molecule has 0 aromatic heterocycles. The summed E-state index contributed by atoms with van der Waals surface area (Å²) in [4.78, 5) is 2.26.